The van der Waals surface area contributed by atoms with Crippen LogP contribution in [0.4, 0.5) is 0 Å². The van der Waals surface area contributed by atoms with Gasteiger partial charge >= 0.3 is 0 Å². The Labute approximate surface area is 158 Å². The van der Waals surface area contributed by atoms with Crippen molar-refractivity contribution in [3.63, 3.8) is 0 Å². The van der Waals surface area contributed by atoms with Gasteiger partial charge in [-0.2, -0.15) is 5.10 Å². The third kappa shape index (κ3) is 4.54. The van der Waals surface area contributed by atoms with Gasteiger partial charge < -0.3 is 4.98 Å². The van der Waals surface area contributed by atoms with Gasteiger partial charge in [-0.25, -0.2) is 10.4 Å². The number of hydrogen-bond donors (Lipinski definition) is 2. The number of fused-ring (bicyclic) bond motifs is 1. The second kappa shape index (κ2) is 7.91. The molecule has 2 aromatic carbocycles. The molecule has 128 valence electrons. The van der Waals surface area contributed by atoms with Crippen LogP contribution >= 0.6 is 35.0 Å². The molecule has 0 atom stereocenters. The van der Waals surface area contributed by atoms with Crippen molar-refractivity contribution in [1.29, 1.82) is 0 Å². The van der Waals surface area contributed by atoms with E-state index in [4.69, 9.17) is 23.2 Å². The molecule has 0 radical (unpaired) electrons. The lowest BCUT2D eigenvalue weighted by atomic mass is 10.1. The van der Waals surface area contributed by atoms with Crippen molar-refractivity contribution in [1.82, 2.24) is 15.4 Å². The third-order valence-corrected chi connectivity index (χ3v) is 4.80. The summed E-state index contributed by atoms with van der Waals surface area (Å²) in [6.07, 6.45) is 0. The van der Waals surface area contributed by atoms with Gasteiger partial charge in [-0.05, 0) is 31.2 Å². The van der Waals surface area contributed by atoms with E-state index in [1.165, 1.54) is 11.8 Å². The third-order valence-electron chi connectivity index (χ3n) is 3.38. The zero-order valence-electron chi connectivity index (χ0n) is 13.2. The predicted molar refractivity (Wildman–Crippen MR) is 104 cm³/mol. The highest BCUT2D eigenvalue weighted by atomic mass is 35.5. The Hall–Kier alpha value is -2.02. The number of nitrogens with zero attached hydrogens (tertiary/aromatic N) is 2. The molecular formula is C17H14Cl2N4OS. The number of aromatic amines is 1. The van der Waals surface area contributed by atoms with E-state index in [2.05, 4.69) is 20.5 Å². The van der Waals surface area contributed by atoms with Gasteiger partial charge in [-0.1, -0.05) is 53.2 Å². The molecule has 0 aliphatic heterocycles. The molecular weight excluding hydrogens is 379 g/mol. The van der Waals surface area contributed by atoms with E-state index in [9.17, 15) is 4.79 Å². The maximum atomic E-state index is 12.0. The molecule has 0 bridgehead atoms. The fraction of sp³-hybridized carbons (Fsp3) is 0.118. The first-order chi connectivity index (χ1) is 12.0. The van der Waals surface area contributed by atoms with E-state index in [0.717, 1.165) is 16.6 Å². The molecule has 5 nitrogen and oxygen atoms in total. The second-order valence-electron chi connectivity index (χ2n) is 5.20. The molecule has 25 heavy (non-hydrogen) atoms. The van der Waals surface area contributed by atoms with Crippen LogP contribution in [0.15, 0.2) is 52.7 Å². The molecule has 0 saturated carbocycles. The van der Waals surface area contributed by atoms with Crippen LogP contribution in [0.2, 0.25) is 10.0 Å². The van der Waals surface area contributed by atoms with Crippen molar-refractivity contribution in [3.05, 3.63) is 58.1 Å². The summed E-state index contributed by atoms with van der Waals surface area (Å²) < 4.78 is 0. The summed E-state index contributed by atoms with van der Waals surface area (Å²) in [5, 5.41) is 5.81. The second-order valence-corrected chi connectivity index (χ2v) is 7.01. The summed E-state index contributed by atoms with van der Waals surface area (Å²) >= 11 is 13.3. The number of thioether (sulfide) groups is 1. The van der Waals surface area contributed by atoms with Crippen LogP contribution in [0.5, 0.6) is 0 Å². The highest BCUT2D eigenvalue weighted by molar-refractivity contribution is 7.99. The Morgan fingerprint density at radius 1 is 1.28 bits per heavy atom. The van der Waals surface area contributed by atoms with Gasteiger partial charge in [0.25, 0.3) is 5.91 Å². The van der Waals surface area contributed by atoms with Crippen LogP contribution < -0.4 is 5.43 Å². The molecule has 0 fully saturated rings. The smallest absolute Gasteiger partial charge is 0.250 e. The number of imidazole rings is 1. The molecule has 0 spiro atoms. The molecule has 3 rings (SSSR count). The summed E-state index contributed by atoms with van der Waals surface area (Å²) in [7, 11) is 0. The number of para-hydroxylation sites is 2. The lowest BCUT2D eigenvalue weighted by Gasteiger charge is -2.05. The quantitative estimate of drug-likeness (QED) is 0.381. The van der Waals surface area contributed by atoms with E-state index in [0.29, 0.717) is 20.9 Å². The van der Waals surface area contributed by atoms with Crippen LogP contribution in [0.3, 0.4) is 0 Å². The average Bonchev–Trinajstić information content (AvgIpc) is 3.01. The number of amides is 1. The SMILES string of the molecule is C/C(=N/NC(=O)CSc1nc2ccccc2[nH]1)c1ccc(Cl)cc1Cl. The number of carbonyl (C=O) groups excluding carboxylic acids is 1. The zero-order chi connectivity index (χ0) is 17.8. The zero-order valence-corrected chi connectivity index (χ0v) is 15.5. The number of benzene rings is 2. The van der Waals surface area contributed by atoms with Gasteiger partial charge in [0.2, 0.25) is 0 Å². The normalized spacial score (nSPS) is 11.7. The molecule has 3 aromatic rings. The topological polar surface area (TPSA) is 70.1 Å². The van der Waals surface area contributed by atoms with Crippen LogP contribution in [0.1, 0.15) is 12.5 Å². The fourth-order valence-electron chi connectivity index (χ4n) is 2.15. The fourth-order valence-corrected chi connectivity index (χ4v) is 3.38. The molecule has 0 saturated heterocycles. The lowest BCUT2D eigenvalue weighted by Crippen LogP contribution is -2.21. The predicted octanol–water partition coefficient (Wildman–Crippen LogP) is 4.50. The summed E-state index contributed by atoms with van der Waals surface area (Å²) in [6.45, 7) is 1.77. The van der Waals surface area contributed by atoms with Crippen LogP contribution in [0, 0.1) is 0 Å². The minimum absolute atomic E-state index is 0.199. The summed E-state index contributed by atoms with van der Waals surface area (Å²) in [4.78, 5) is 19.5. The standard InChI is InChI=1S/C17H14Cl2N4OS/c1-10(12-7-6-11(18)8-13(12)19)22-23-16(24)9-25-17-20-14-4-2-3-5-15(14)21-17/h2-8H,9H2,1H3,(H,20,21)(H,23,24)/b22-10-. The number of rotatable bonds is 5. The lowest BCUT2D eigenvalue weighted by molar-refractivity contribution is -0.118. The minimum atomic E-state index is -0.227. The largest absolute Gasteiger partial charge is 0.333 e. The molecule has 1 aromatic heterocycles. The highest BCUT2D eigenvalue weighted by Gasteiger charge is 2.08. The monoisotopic (exact) mass is 392 g/mol. The Morgan fingerprint density at radius 2 is 2.08 bits per heavy atom. The molecule has 0 unspecified atom stereocenters. The van der Waals surface area contributed by atoms with Crippen LogP contribution in [-0.2, 0) is 4.79 Å². The molecule has 8 heteroatoms. The average molecular weight is 393 g/mol. The molecule has 0 aliphatic carbocycles. The summed E-state index contributed by atoms with van der Waals surface area (Å²) in [5.41, 5.74) is 5.65. The van der Waals surface area contributed by atoms with Gasteiger partial charge in [0.05, 0.1) is 27.5 Å². The number of aromatic nitrogens is 2. The maximum Gasteiger partial charge on any atom is 0.250 e. The van der Waals surface area contributed by atoms with Crippen molar-refractivity contribution in [2.75, 3.05) is 5.75 Å². The molecule has 2 N–H and O–H groups in total. The Kier molecular flexibility index (Phi) is 5.63. The van der Waals surface area contributed by atoms with Crippen molar-refractivity contribution in [2.45, 2.75) is 12.1 Å². The first-order valence-electron chi connectivity index (χ1n) is 7.39. The maximum absolute atomic E-state index is 12.0. The van der Waals surface area contributed by atoms with E-state index in [-0.39, 0.29) is 11.7 Å². The van der Waals surface area contributed by atoms with Crippen molar-refractivity contribution in [2.24, 2.45) is 5.10 Å². The summed E-state index contributed by atoms with van der Waals surface area (Å²) in [6, 6.07) is 12.8. The van der Waals surface area contributed by atoms with E-state index < -0.39 is 0 Å². The first-order valence-corrected chi connectivity index (χ1v) is 9.13. The summed E-state index contributed by atoms with van der Waals surface area (Å²) in [5.74, 6) is -0.0276. The van der Waals surface area contributed by atoms with Gasteiger partial charge in [0, 0.05) is 10.6 Å². The molecule has 1 heterocycles. The van der Waals surface area contributed by atoms with Crippen molar-refractivity contribution in [3.8, 4) is 0 Å². The number of hydrazone groups is 1. The first kappa shape index (κ1) is 17.8. The highest BCUT2D eigenvalue weighted by Crippen LogP contribution is 2.21. The van der Waals surface area contributed by atoms with E-state index in [1.54, 1.807) is 25.1 Å². The van der Waals surface area contributed by atoms with Crippen LogP contribution in [-0.4, -0.2) is 27.3 Å². The number of hydrogen-bond acceptors (Lipinski definition) is 4. The van der Waals surface area contributed by atoms with Crippen molar-refractivity contribution < 1.29 is 4.79 Å². The Bertz CT molecular complexity index is 922. The van der Waals surface area contributed by atoms with Gasteiger partial charge in [-0.15, -0.1) is 0 Å². The number of nitrogens with one attached hydrogen (secondary N) is 2. The van der Waals surface area contributed by atoms with E-state index in [1.807, 2.05) is 24.3 Å². The van der Waals surface area contributed by atoms with Crippen LogP contribution in [0.25, 0.3) is 11.0 Å². The van der Waals surface area contributed by atoms with Gasteiger partial charge in [0.1, 0.15) is 0 Å². The number of halogens is 2. The van der Waals surface area contributed by atoms with Gasteiger partial charge in [0.15, 0.2) is 5.16 Å². The van der Waals surface area contributed by atoms with Gasteiger partial charge in [-0.3, -0.25) is 4.79 Å². The minimum Gasteiger partial charge on any atom is -0.333 e. The molecule has 1 amide bonds. The Morgan fingerprint density at radius 3 is 2.84 bits per heavy atom. The molecule has 0 aliphatic rings. The number of H-pyrrole nitrogens is 1. The Balaban J connectivity index is 1.58. The van der Waals surface area contributed by atoms with Crippen molar-refractivity contribution >= 4 is 57.6 Å². The van der Waals surface area contributed by atoms with E-state index >= 15 is 0 Å². The number of carbonyl (C=O) groups is 1.